The summed E-state index contributed by atoms with van der Waals surface area (Å²) in [4.78, 5) is 12.5. The molecule has 0 spiro atoms. The van der Waals surface area contributed by atoms with Crippen molar-refractivity contribution in [1.29, 1.82) is 0 Å². The van der Waals surface area contributed by atoms with Gasteiger partial charge in [0.25, 0.3) is 0 Å². The van der Waals surface area contributed by atoms with E-state index in [4.69, 9.17) is 0 Å². The van der Waals surface area contributed by atoms with Crippen molar-refractivity contribution in [2.24, 2.45) is 0 Å². The van der Waals surface area contributed by atoms with Crippen LogP contribution in [0.15, 0.2) is 29.2 Å². The minimum Gasteiger partial charge on any atom is -0.326 e. The number of unbranched alkanes of at least 4 members (excludes halogenated alkanes) is 10. The minimum atomic E-state index is -3.42. The molecule has 0 saturated carbocycles. The SMILES string of the molecule is CCCCCCCCCCCCCC(=O)Nc1ccc(S(=O)(=O)N2CCCCC2)cc1. The van der Waals surface area contributed by atoms with Crippen molar-refractivity contribution in [2.75, 3.05) is 18.4 Å². The van der Waals surface area contributed by atoms with E-state index in [1.807, 2.05) is 0 Å². The highest BCUT2D eigenvalue weighted by atomic mass is 32.2. The molecule has 1 aromatic rings. The number of sulfonamides is 1. The first-order valence-corrected chi connectivity index (χ1v) is 13.9. The largest absolute Gasteiger partial charge is 0.326 e. The van der Waals surface area contributed by atoms with E-state index in [-0.39, 0.29) is 5.91 Å². The highest BCUT2D eigenvalue weighted by Crippen LogP contribution is 2.22. The van der Waals surface area contributed by atoms with E-state index in [1.54, 1.807) is 28.6 Å². The second kappa shape index (κ2) is 14.6. The maximum atomic E-state index is 12.7. The summed E-state index contributed by atoms with van der Waals surface area (Å²) in [6.45, 7) is 3.44. The molecule has 1 N–H and O–H groups in total. The summed E-state index contributed by atoms with van der Waals surface area (Å²) in [5, 5.41) is 2.89. The third-order valence-electron chi connectivity index (χ3n) is 6.10. The van der Waals surface area contributed by atoms with Crippen LogP contribution >= 0.6 is 0 Å². The van der Waals surface area contributed by atoms with Gasteiger partial charge in [-0.1, -0.05) is 77.6 Å². The fourth-order valence-corrected chi connectivity index (χ4v) is 5.65. The van der Waals surface area contributed by atoms with Crippen LogP contribution in [0.2, 0.25) is 0 Å². The molecule has 0 bridgehead atoms. The van der Waals surface area contributed by atoms with Crippen molar-refractivity contribution in [3.05, 3.63) is 24.3 Å². The van der Waals surface area contributed by atoms with Gasteiger partial charge in [-0.2, -0.15) is 4.31 Å². The molecule has 0 radical (unpaired) electrons. The van der Waals surface area contributed by atoms with Gasteiger partial charge in [-0.15, -0.1) is 0 Å². The van der Waals surface area contributed by atoms with Crippen LogP contribution in [0.25, 0.3) is 0 Å². The number of anilines is 1. The molecular formula is C25H42N2O3S. The molecule has 0 atom stereocenters. The summed E-state index contributed by atoms with van der Waals surface area (Å²) in [6, 6.07) is 6.58. The van der Waals surface area contributed by atoms with Crippen LogP contribution in [0, 0.1) is 0 Å². The number of benzene rings is 1. The molecule has 5 nitrogen and oxygen atoms in total. The van der Waals surface area contributed by atoms with Crippen LogP contribution in [0.5, 0.6) is 0 Å². The van der Waals surface area contributed by atoms with Crippen LogP contribution in [0.1, 0.15) is 103 Å². The first-order chi connectivity index (χ1) is 15.0. The fraction of sp³-hybridized carbons (Fsp3) is 0.720. The summed E-state index contributed by atoms with van der Waals surface area (Å²) in [5.41, 5.74) is 0.658. The third kappa shape index (κ3) is 9.73. The fourth-order valence-electron chi connectivity index (χ4n) is 4.14. The van der Waals surface area contributed by atoms with E-state index in [9.17, 15) is 13.2 Å². The van der Waals surface area contributed by atoms with Crippen molar-refractivity contribution in [3.8, 4) is 0 Å². The molecule has 0 aliphatic carbocycles. The standard InChI is InChI=1S/C25H42N2O3S/c1-2-3-4-5-6-7-8-9-10-11-13-16-25(28)26-23-17-19-24(20-18-23)31(29,30)27-21-14-12-15-22-27/h17-20H,2-16,21-22H2,1H3,(H,26,28). The van der Waals surface area contributed by atoms with E-state index in [0.717, 1.165) is 32.1 Å². The second-order valence-electron chi connectivity index (χ2n) is 8.82. The van der Waals surface area contributed by atoms with Crippen LogP contribution in [0.4, 0.5) is 5.69 Å². The molecule has 1 aromatic carbocycles. The van der Waals surface area contributed by atoms with Gasteiger partial charge in [-0.3, -0.25) is 4.79 Å². The van der Waals surface area contributed by atoms with E-state index in [1.165, 1.54) is 57.8 Å². The Morgan fingerprint density at radius 1 is 0.806 bits per heavy atom. The second-order valence-corrected chi connectivity index (χ2v) is 10.8. The molecule has 1 saturated heterocycles. The molecule has 176 valence electrons. The maximum absolute atomic E-state index is 12.7. The molecular weight excluding hydrogens is 408 g/mol. The van der Waals surface area contributed by atoms with Gasteiger partial charge in [0.05, 0.1) is 4.90 Å². The van der Waals surface area contributed by atoms with E-state index in [0.29, 0.717) is 30.1 Å². The average Bonchev–Trinajstić information content (AvgIpc) is 2.78. The summed E-state index contributed by atoms with van der Waals surface area (Å²) in [6.07, 6.45) is 17.4. The lowest BCUT2D eigenvalue weighted by Gasteiger charge is -2.25. The van der Waals surface area contributed by atoms with Gasteiger partial charge >= 0.3 is 0 Å². The number of carbonyl (C=O) groups excluding carboxylic acids is 1. The van der Waals surface area contributed by atoms with Gasteiger partial charge in [0, 0.05) is 25.2 Å². The molecule has 1 heterocycles. The number of hydrogen-bond donors (Lipinski definition) is 1. The van der Waals surface area contributed by atoms with Crippen LogP contribution in [0.3, 0.4) is 0 Å². The number of hydrogen-bond acceptors (Lipinski definition) is 3. The zero-order chi connectivity index (χ0) is 22.4. The smallest absolute Gasteiger partial charge is 0.243 e. The monoisotopic (exact) mass is 450 g/mol. The summed E-state index contributed by atoms with van der Waals surface area (Å²) >= 11 is 0. The zero-order valence-corrected chi connectivity index (χ0v) is 20.2. The summed E-state index contributed by atoms with van der Waals surface area (Å²) in [7, 11) is -3.42. The van der Waals surface area contributed by atoms with Gasteiger partial charge in [0.1, 0.15) is 0 Å². The van der Waals surface area contributed by atoms with Crippen molar-refractivity contribution in [2.45, 2.75) is 108 Å². The van der Waals surface area contributed by atoms with E-state index in [2.05, 4.69) is 12.2 Å². The number of nitrogens with zero attached hydrogens (tertiary/aromatic N) is 1. The topological polar surface area (TPSA) is 66.5 Å². The van der Waals surface area contributed by atoms with Gasteiger partial charge in [0.2, 0.25) is 15.9 Å². The highest BCUT2D eigenvalue weighted by molar-refractivity contribution is 7.89. The van der Waals surface area contributed by atoms with Gasteiger partial charge in [-0.25, -0.2) is 8.42 Å². The Bertz CT molecular complexity index is 726. The predicted octanol–water partition coefficient (Wildman–Crippen LogP) is 6.50. The first kappa shape index (κ1) is 25.9. The lowest BCUT2D eigenvalue weighted by atomic mass is 10.1. The van der Waals surface area contributed by atoms with Crippen LogP contribution in [-0.4, -0.2) is 31.7 Å². The Hall–Kier alpha value is -1.40. The lowest BCUT2D eigenvalue weighted by Crippen LogP contribution is -2.35. The number of amides is 1. The number of carbonyl (C=O) groups is 1. The Labute approximate surface area is 190 Å². The minimum absolute atomic E-state index is 0.00237. The summed E-state index contributed by atoms with van der Waals surface area (Å²) in [5.74, 6) is 0.00237. The molecule has 1 aliphatic rings. The maximum Gasteiger partial charge on any atom is 0.243 e. The first-order valence-electron chi connectivity index (χ1n) is 12.4. The Morgan fingerprint density at radius 3 is 1.87 bits per heavy atom. The molecule has 6 heteroatoms. The number of piperidine rings is 1. The Balaban J connectivity index is 1.59. The Kier molecular flexibility index (Phi) is 12.2. The quantitative estimate of drug-likeness (QED) is 0.310. The van der Waals surface area contributed by atoms with Crippen LogP contribution < -0.4 is 5.32 Å². The van der Waals surface area contributed by atoms with Crippen molar-refractivity contribution < 1.29 is 13.2 Å². The molecule has 1 amide bonds. The third-order valence-corrected chi connectivity index (χ3v) is 8.01. The van der Waals surface area contributed by atoms with E-state index < -0.39 is 10.0 Å². The molecule has 1 fully saturated rings. The Morgan fingerprint density at radius 2 is 1.32 bits per heavy atom. The van der Waals surface area contributed by atoms with E-state index >= 15 is 0 Å². The zero-order valence-electron chi connectivity index (χ0n) is 19.4. The lowest BCUT2D eigenvalue weighted by molar-refractivity contribution is -0.116. The molecule has 1 aliphatic heterocycles. The molecule has 2 rings (SSSR count). The normalized spacial score (nSPS) is 15.1. The van der Waals surface area contributed by atoms with Gasteiger partial charge in [0.15, 0.2) is 0 Å². The number of nitrogens with one attached hydrogen (secondary N) is 1. The highest BCUT2D eigenvalue weighted by Gasteiger charge is 2.25. The van der Waals surface area contributed by atoms with Gasteiger partial charge in [-0.05, 0) is 43.5 Å². The molecule has 31 heavy (non-hydrogen) atoms. The molecule has 0 unspecified atom stereocenters. The average molecular weight is 451 g/mol. The number of rotatable bonds is 15. The van der Waals surface area contributed by atoms with Crippen molar-refractivity contribution in [3.63, 3.8) is 0 Å². The van der Waals surface area contributed by atoms with Crippen molar-refractivity contribution in [1.82, 2.24) is 4.31 Å². The van der Waals surface area contributed by atoms with Crippen LogP contribution in [-0.2, 0) is 14.8 Å². The summed E-state index contributed by atoms with van der Waals surface area (Å²) < 4.78 is 26.9. The van der Waals surface area contributed by atoms with Gasteiger partial charge < -0.3 is 5.32 Å². The predicted molar refractivity (Wildman–Crippen MR) is 129 cm³/mol. The van der Waals surface area contributed by atoms with Crippen molar-refractivity contribution >= 4 is 21.6 Å². The molecule has 0 aromatic heterocycles.